The highest BCUT2D eigenvalue weighted by Gasteiger charge is 2.52. The van der Waals surface area contributed by atoms with Gasteiger partial charge in [0.2, 0.25) is 12.3 Å². The maximum absolute atomic E-state index is 13.1. The van der Waals surface area contributed by atoms with Gasteiger partial charge in [0.1, 0.15) is 5.92 Å². The van der Waals surface area contributed by atoms with Gasteiger partial charge in [-0.15, -0.1) is 0 Å². The molecule has 0 saturated carbocycles. The first-order valence-corrected chi connectivity index (χ1v) is 9.64. The Morgan fingerprint density at radius 2 is 2.08 bits per heavy atom. The molecule has 4 heterocycles. The van der Waals surface area contributed by atoms with Gasteiger partial charge in [0, 0.05) is 50.2 Å². The molecule has 2 amide bonds. The van der Waals surface area contributed by atoms with Crippen LogP contribution in [0, 0.1) is 11.3 Å². The maximum atomic E-state index is 13.1. The lowest BCUT2D eigenvalue weighted by Crippen LogP contribution is -2.72. The summed E-state index contributed by atoms with van der Waals surface area (Å²) >= 11 is 0. The van der Waals surface area contributed by atoms with E-state index in [1.54, 1.807) is 4.90 Å². The Morgan fingerprint density at radius 3 is 2.65 bits per heavy atom. The van der Waals surface area contributed by atoms with Crippen LogP contribution in [0.5, 0.6) is 0 Å². The summed E-state index contributed by atoms with van der Waals surface area (Å²) in [7, 11) is 0. The Hall–Kier alpha value is -2.05. The van der Waals surface area contributed by atoms with Crippen molar-refractivity contribution in [2.45, 2.75) is 45.6 Å². The molecule has 0 aromatic carbocycles. The van der Waals surface area contributed by atoms with E-state index in [0.29, 0.717) is 11.8 Å². The van der Waals surface area contributed by atoms with E-state index in [1.165, 1.54) is 0 Å². The number of hydrogen-bond acceptors (Lipinski definition) is 5. The van der Waals surface area contributed by atoms with Gasteiger partial charge in [-0.25, -0.2) is 0 Å². The van der Waals surface area contributed by atoms with Crippen molar-refractivity contribution >= 4 is 18.1 Å². The maximum Gasteiger partial charge on any atom is 0.233 e. The summed E-state index contributed by atoms with van der Waals surface area (Å²) in [6.45, 7) is 10.5. The minimum atomic E-state index is -0.277. The van der Waals surface area contributed by atoms with Crippen LogP contribution in [0.25, 0.3) is 0 Å². The molecule has 1 spiro atoms. The van der Waals surface area contributed by atoms with Crippen LogP contribution >= 0.6 is 0 Å². The second-order valence-electron chi connectivity index (χ2n) is 8.70. The molecule has 26 heavy (non-hydrogen) atoms. The molecular weight excluding hydrogens is 332 g/mol. The van der Waals surface area contributed by atoms with Crippen molar-refractivity contribution in [2.75, 3.05) is 37.6 Å². The first kappa shape index (κ1) is 17.4. The Kier molecular flexibility index (Phi) is 4.20. The van der Waals surface area contributed by atoms with Crippen LogP contribution in [0.1, 0.15) is 45.3 Å². The molecule has 0 N–H and O–H groups in total. The smallest absolute Gasteiger partial charge is 0.233 e. The SMILES string of the molecule is CC(C)C(C(=O)N1CCCC1C)c1cc(N2CC3(CN(C=O)C3)C2)no1. The predicted octanol–water partition coefficient (Wildman–Crippen LogP) is 1.70. The van der Waals surface area contributed by atoms with E-state index in [0.717, 1.165) is 57.8 Å². The van der Waals surface area contributed by atoms with Gasteiger partial charge in [-0.2, -0.15) is 0 Å². The third-order valence-electron chi connectivity index (χ3n) is 6.19. The third kappa shape index (κ3) is 2.77. The number of likely N-dealkylation sites (tertiary alicyclic amines) is 2. The van der Waals surface area contributed by atoms with Gasteiger partial charge in [0.05, 0.1) is 0 Å². The van der Waals surface area contributed by atoms with Gasteiger partial charge in [-0.3, -0.25) is 9.59 Å². The molecular formula is C19H28N4O3. The van der Waals surface area contributed by atoms with Crippen molar-refractivity contribution in [3.63, 3.8) is 0 Å². The van der Waals surface area contributed by atoms with E-state index < -0.39 is 0 Å². The third-order valence-corrected chi connectivity index (χ3v) is 6.19. The van der Waals surface area contributed by atoms with E-state index >= 15 is 0 Å². The Bertz CT molecular complexity index is 687. The molecule has 0 aliphatic carbocycles. The standard InChI is InChI=1S/C19H28N4O3/c1-13(2)17(18(25)23-6-4-5-14(23)3)15-7-16(20-26-15)22-10-19(11-22)8-21(9-19)12-24/h7,12-14,17H,4-6,8-11H2,1-3H3. The Balaban J connectivity index is 1.44. The summed E-state index contributed by atoms with van der Waals surface area (Å²) in [6.07, 6.45) is 3.07. The predicted molar refractivity (Wildman–Crippen MR) is 96.8 cm³/mol. The van der Waals surface area contributed by atoms with E-state index in [9.17, 15) is 9.59 Å². The van der Waals surface area contributed by atoms with Gasteiger partial charge in [-0.1, -0.05) is 19.0 Å². The number of amides is 2. The minimum absolute atomic E-state index is 0.159. The average Bonchev–Trinajstić information content (AvgIpc) is 3.14. The molecule has 3 aliphatic heterocycles. The van der Waals surface area contributed by atoms with Gasteiger partial charge < -0.3 is 19.2 Å². The highest BCUT2D eigenvalue weighted by Crippen LogP contribution is 2.41. The number of carbonyl (C=O) groups excluding carboxylic acids is 2. The molecule has 0 bridgehead atoms. The first-order chi connectivity index (χ1) is 12.4. The highest BCUT2D eigenvalue weighted by atomic mass is 16.5. The summed E-state index contributed by atoms with van der Waals surface area (Å²) in [5.74, 6) is 1.52. The lowest BCUT2D eigenvalue weighted by molar-refractivity contribution is -0.135. The summed E-state index contributed by atoms with van der Waals surface area (Å²) in [5.41, 5.74) is 0.234. The van der Waals surface area contributed by atoms with E-state index in [2.05, 4.69) is 30.8 Å². The summed E-state index contributed by atoms with van der Waals surface area (Å²) in [6, 6.07) is 2.24. The van der Waals surface area contributed by atoms with Crippen LogP contribution in [0.2, 0.25) is 0 Å². The number of aromatic nitrogens is 1. The average molecular weight is 360 g/mol. The molecule has 1 aromatic rings. The van der Waals surface area contributed by atoms with Crippen molar-refractivity contribution in [1.29, 1.82) is 0 Å². The molecule has 3 aliphatic rings. The number of rotatable bonds is 5. The lowest BCUT2D eigenvalue weighted by Gasteiger charge is -2.59. The molecule has 2 atom stereocenters. The Morgan fingerprint density at radius 1 is 1.35 bits per heavy atom. The molecule has 7 heteroatoms. The van der Waals surface area contributed by atoms with Crippen molar-refractivity contribution in [2.24, 2.45) is 11.3 Å². The van der Waals surface area contributed by atoms with Crippen LogP contribution in [-0.2, 0) is 9.59 Å². The quantitative estimate of drug-likeness (QED) is 0.748. The van der Waals surface area contributed by atoms with Gasteiger partial charge in [0.25, 0.3) is 0 Å². The topological polar surface area (TPSA) is 69.9 Å². The van der Waals surface area contributed by atoms with E-state index in [4.69, 9.17) is 4.52 Å². The zero-order chi connectivity index (χ0) is 18.5. The number of nitrogens with zero attached hydrogens (tertiary/aromatic N) is 4. The summed E-state index contributed by atoms with van der Waals surface area (Å²) < 4.78 is 5.62. The zero-order valence-corrected chi connectivity index (χ0v) is 15.9. The molecule has 4 rings (SSSR count). The van der Waals surface area contributed by atoms with Crippen LogP contribution in [0.4, 0.5) is 5.82 Å². The van der Waals surface area contributed by atoms with Gasteiger partial charge in [0.15, 0.2) is 11.6 Å². The molecule has 0 radical (unpaired) electrons. The van der Waals surface area contributed by atoms with Crippen molar-refractivity contribution in [3.8, 4) is 0 Å². The highest BCUT2D eigenvalue weighted by molar-refractivity contribution is 5.84. The molecule has 3 fully saturated rings. The van der Waals surface area contributed by atoms with Crippen LogP contribution in [0.15, 0.2) is 10.6 Å². The number of hydrogen-bond donors (Lipinski definition) is 0. The van der Waals surface area contributed by atoms with Gasteiger partial charge >= 0.3 is 0 Å². The van der Waals surface area contributed by atoms with Crippen LogP contribution < -0.4 is 4.90 Å². The monoisotopic (exact) mass is 360 g/mol. The lowest BCUT2D eigenvalue weighted by atomic mass is 9.73. The Labute approximate surface area is 154 Å². The zero-order valence-electron chi connectivity index (χ0n) is 15.9. The van der Waals surface area contributed by atoms with Gasteiger partial charge in [-0.05, 0) is 25.7 Å². The largest absolute Gasteiger partial charge is 0.358 e. The number of anilines is 1. The molecule has 7 nitrogen and oxygen atoms in total. The number of carbonyl (C=O) groups is 2. The summed E-state index contributed by atoms with van der Waals surface area (Å²) in [4.78, 5) is 29.8. The summed E-state index contributed by atoms with van der Waals surface area (Å²) in [5, 5.41) is 4.23. The van der Waals surface area contributed by atoms with E-state index in [-0.39, 0.29) is 23.2 Å². The fourth-order valence-electron chi connectivity index (χ4n) is 4.77. The fourth-order valence-corrected chi connectivity index (χ4v) is 4.77. The second kappa shape index (κ2) is 6.28. The van der Waals surface area contributed by atoms with E-state index in [1.807, 2.05) is 11.0 Å². The van der Waals surface area contributed by atoms with Crippen molar-refractivity contribution in [3.05, 3.63) is 11.8 Å². The molecule has 2 unspecified atom stereocenters. The van der Waals surface area contributed by atoms with Crippen molar-refractivity contribution < 1.29 is 14.1 Å². The first-order valence-electron chi connectivity index (χ1n) is 9.64. The normalized spacial score (nSPS) is 25.4. The second-order valence-corrected chi connectivity index (χ2v) is 8.70. The van der Waals surface area contributed by atoms with Crippen molar-refractivity contribution in [1.82, 2.24) is 15.0 Å². The van der Waals surface area contributed by atoms with Crippen LogP contribution in [-0.4, -0.2) is 66.0 Å². The minimum Gasteiger partial charge on any atom is -0.358 e. The molecule has 1 aromatic heterocycles. The molecule has 142 valence electrons. The molecule has 3 saturated heterocycles. The van der Waals surface area contributed by atoms with Crippen LogP contribution in [0.3, 0.4) is 0 Å². The fraction of sp³-hybridized carbons (Fsp3) is 0.737.